The van der Waals surface area contributed by atoms with Crippen molar-refractivity contribution in [3.8, 4) is 0 Å². The third-order valence-corrected chi connectivity index (χ3v) is 6.95. The average molecular weight is 413 g/mol. The highest BCUT2D eigenvalue weighted by Crippen LogP contribution is 2.48. The third-order valence-electron chi connectivity index (χ3n) is 6.95. The van der Waals surface area contributed by atoms with Crippen molar-refractivity contribution in [2.75, 3.05) is 13.2 Å². The van der Waals surface area contributed by atoms with Crippen molar-refractivity contribution in [2.45, 2.75) is 76.8 Å². The van der Waals surface area contributed by atoms with E-state index in [0.29, 0.717) is 18.4 Å². The van der Waals surface area contributed by atoms with Crippen LogP contribution in [0.25, 0.3) is 0 Å². The predicted octanol–water partition coefficient (Wildman–Crippen LogP) is 5.46. The van der Waals surface area contributed by atoms with Gasteiger partial charge in [-0.05, 0) is 68.8 Å². The highest BCUT2D eigenvalue weighted by molar-refractivity contribution is 5.57. The Morgan fingerprint density at radius 3 is 2.80 bits per heavy atom. The van der Waals surface area contributed by atoms with Crippen molar-refractivity contribution < 1.29 is 19.0 Å². The molecule has 30 heavy (non-hydrogen) atoms. The molecule has 1 unspecified atom stereocenters. The van der Waals surface area contributed by atoms with Crippen molar-refractivity contribution in [1.29, 1.82) is 0 Å². The SMILES string of the molecule is O=C[C@@H]1[C@@H]2CC(CCCCCOCc3ccccc3)=C[C@@H]2C[C@@H]1OC1CCCCO1. The summed E-state index contributed by atoms with van der Waals surface area (Å²) in [5.74, 6) is 0.985. The largest absolute Gasteiger partial charge is 0.377 e. The molecule has 3 aliphatic rings. The van der Waals surface area contributed by atoms with Crippen LogP contribution in [0.5, 0.6) is 0 Å². The molecule has 0 spiro atoms. The molecule has 4 rings (SSSR count). The minimum Gasteiger partial charge on any atom is -0.377 e. The van der Waals surface area contributed by atoms with Crippen LogP contribution in [0.1, 0.15) is 63.4 Å². The Balaban J connectivity index is 1.12. The summed E-state index contributed by atoms with van der Waals surface area (Å²) < 4.78 is 17.7. The smallest absolute Gasteiger partial charge is 0.157 e. The van der Waals surface area contributed by atoms with E-state index in [-0.39, 0.29) is 18.3 Å². The van der Waals surface area contributed by atoms with Crippen LogP contribution < -0.4 is 0 Å². The van der Waals surface area contributed by atoms with E-state index in [0.717, 1.165) is 64.4 Å². The van der Waals surface area contributed by atoms with Gasteiger partial charge in [0.25, 0.3) is 0 Å². The Bertz CT molecular complexity index is 680. The van der Waals surface area contributed by atoms with Gasteiger partial charge in [-0.25, -0.2) is 0 Å². The molecule has 1 heterocycles. The predicted molar refractivity (Wildman–Crippen MR) is 117 cm³/mol. The molecule has 1 saturated carbocycles. The molecule has 0 amide bonds. The van der Waals surface area contributed by atoms with Gasteiger partial charge in [-0.1, -0.05) is 48.4 Å². The lowest BCUT2D eigenvalue weighted by Gasteiger charge is -2.28. The van der Waals surface area contributed by atoms with Crippen LogP contribution in [-0.2, 0) is 25.6 Å². The number of hydrogen-bond acceptors (Lipinski definition) is 4. The fourth-order valence-electron chi connectivity index (χ4n) is 5.34. The maximum Gasteiger partial charge on any atom is 0.157 e. The van der Waals surface area contributed by atoms with Crippen molar-refractivity contribution in [2.24, 2.45) is 17.8 Å². The highest BCUT2D eigenvalue weighted by atomic mass is 16.7. The van der Waals surface area contributed by atoms with E-state index in [1.54, 1.807) is 5.57 Å². The molecule has 1 aromatic carbocycles. The number of aldehydes is 1. The fraction of sp³-hybridized carbons (Fsp3) is 0.654. The fourth-order valence-corrected chi connectivity index (χ4v) is 5.34. The van der Waals surface area contributed by atoms with E-state index >= 15 is 0 Å². The molecule has 5 atom stereocenters. The standard InChI is InChI=1S/C26H36O4/c27-18-24-23-16-21(11-5-2-7-13-28-19-20-9-3-1-4-10-20)15-22(23)17-25(24)30-26-12-6-8-14-29-26/h1,3-4,9-10,15,18,22-26H,2,5-8,11-14,16-17,19H2/t22-,23-,24-,25+,26?/m1/s1. The molecule has 0 bridgehead atoms. The average Bonchev–Trinajstić information content (AvgIpc) is 3.31. The summed E-state index contributed by atoms with van der Waals surface area (Å²) in [4.78, 5) is 11.8. The Hall–Kier alpha value is -1.49. The monoisotopic (exact) mass is 412 g/mol. The third kappa shape index (κ3) is 5.81. The van der Waals surface area contributed by atoms with Crippen LogP contribution in [0.4, 0.5) is 0 Å². The van der Waals surface area contributed by atoms with Crippen molar-refractivity contribution in [3.05, 3.63) is 47.5 Å². The molecule has 2 fully saturated rings. The van der Waals surface area contributed by atoms with E-state index in [4.69, 9.17) is 14.2 Å². The summed E-state index contributed by atoms with van der Waals surface area (Å²) in [7, 11) is 0. The molecule has 1 aromatic rings. The van der Waals surface area contributed by atoms with E-state index in [2.05, 4.69) is 30.3 Å². The zero-order chi connectivity index (χ0) is 20.6. The first-order valence-electron chi connectivity index (χ1n) is 11.9. The summed E-state index contributed by atoms with van der Waals surface area (Å²) >= 11 is 0. The van der Waals surface area contributed by atoms with Gasteiger partial charge in [0.05, 0.1) is 12.7 Å². The van der Waals surface area contributed by atoms with Gasteiger partial charge in [-0.3, -0.25) is 0 Å². The van der Waals surface area contributed by atoms with Crippen LogP contribution in [0.15, 0.2) is 42.0 Å². The van der Waals surface area contributed by atoms with Crippen LogP contribution in [0.3, 0.4) is 0 Å². The number of carbonyl (C=O) groups excluding carboxylic acids is 1. The van der Waals surface area contributed by atoms with Crippen LogP contribution in [0.2, 0.25) is 0 Å². The Morgan fingerprint density at radius 2 is 2.00 bits per heavy atom. The number of carbonyl (C=O) groups is 1. The minimum atomic E-state index is -0.0995. The summed E-state index contributed by atoms with van der Waals surface area (Å²) in [5, 5.41) is 0. The number of unbranched alkanes of at least 4 members (excludes halogenated alkanes) is 2. The summed E-state index contributed by atoms with van der Waals surface area (Å²) in [6, 6.07) is 10.3. The molecular formula is C26H36O4. The second kappa shape index (κ2) is 11.2. The molecule has 0 aromatic heterocycles. The Morgan fingerprint density at radius 1 is 1.10 bits per heavy atom. The Labute approximate surface area is 181 Å². The molecular weight excluding hydrogens is 376 g/mol. The van der Waals surface area contributed by atoms with Crippen LogP contribution in [-0.4, -0.2) is 31.9 Å². The van der Waals surface area contributed by atoms with Gasteiger partial charge in [0, 0.05) is 19.1 Å². The van der Waals surface area contributed by atoms with Gasteiger partial charge in [0.1, 0.15) is 6.29 Å². The van der Waals surface area contributed by atoms with Crippen LogP contribution >= 0.6 is 0 Å². The van der Waals surface area contributed by atoms with Crippen molar-refractivity contribution in [1.82, 2.24) is 0 Å². The lowest BCUT2D eigenvalue weighted by atomic mass is 9.90. The molecule has 4 heteroatoms. The molecule has 0 radical (unpaired) electrons. The van der Waals surface area contributed by atoms with Gasteiger partial charge in [-0.15, -0.1) is 0 Å². The maximum atomic E-state index is 11.8. The van der Waals surface area contributed by atoms with Crippen LogP contribution in [0, 0.1) is 17.8 Å². The van der Waals surface area contributed by atoms with E-state index in [1.165, 1.54) is 18.4 Å². The topological polar surface area (TPSA) is 44.8 Å². The zero-order valence-electron chi connectivity index (χ0n) is 18.0. The zero-order valence-corrected chi connectivity index (χ0v) is 18.0. The van der Waals surface area contributed by atoms with Gasteiger partial charge in [-0.2, -0.15) is 0 Å². The first kappa shape index (κ1) is 21.7. The number of benzene rings is 1. The highest BCUT2D eigenvalue weighted by Gasteiger charge is 2.46. The number of ether oxygens (including phenoxy) is 3. The first-order chi connectivity index (χ1) is 14.8. The lowest BCUT2D eigenvalue weighted by Crippen LogP contribution is -2.32. The van der Waals surface area contributed by atoms with Crippen molar-refractivity contribution in [3.63, 3.8) is 0 Å². The normalized spacial score (nSPS) is 30.8. The molecule has 1 aliphatic heterocycles. The number of hydrogen-bond donors (Lipinski definition) is 0. The van der Waals surface area contributed by atoms with Crippen molar-refractivity contribution >= 4 is 6.29 Å². The summed E-state index contributed by atoms with van der Waals surface area (Å²) in [6.45, 7) is 2.32. The number of fused-ring (bicyclic) bond motifs is 1. The quantitative estimate of drug-likeness (QED) is 0.275. The summed E-state index contributed by atoms with van der Waals surface area (Å²) in [5.41, 5.74) is 2.79. The van der Waals surface area contributed by atoms with Gasteiger partial charge < -0.3 is 19.0 Å². The second-order valence-corrected chi connectivity index (χ2v) is 9.13. The molecule has 164 valence electrons. The van der Waals surface area contributed by atoms with E-state index in [9.17, 15) is 4.79 Å². The van der Waals surface area contributed by atoms with Gasteiger partial charge in [0.15, 0.2) is 6.29 Å². The number of rotatable bonds is 11. The van der Waals surface area contributed by atoms with E-state index in [1.807, 2.05) is 6.07 Å². The molecule has 4 nitrogen and oxygen atoms in total. The first-order valence-corrected chi connectivity index (χ1v) is 11.9. The van der Waals surface area contributed by atoms with E-state index < -0.39 is 0 Å². The van der Waals surface area contributed by atoms with Gasteiger partial charge in [0.2, 0.25) is 0 Å². The number of allylic oxidation sites excluding steroid dienone is 2. The minimum absolute atomic E-state index is 0.0284. The maximum absolute atomic E-state index is 11.8. The summed E-state index contributed by atoms with van der Waals surface area (Å²) in [6.07, 6.45) is 13.5. The lowest BCUT2D eigenvalue weighted by molar-refractivity contribution is -0.194. The second-order valence-electron chi connectivity index (χ2n) is 9.13. The molecule has 0 N–H and O–H groups in total. The molecule has 2 aliphatic carbocycles. The Kier molecular flexibility index (Phi) is 8.13. The van der Waals surface area contributed by atoms with Gasteiger partial charge >= 0.3 is 0 Å². The molecule has 1 saturated heterocycles.